The smallest absolute Gasteiger partial charge is 0.297 e. The number of nitriles is 1. The molecular weight excluding hydrogens is 274 g/mol. The molecule has 21 heavy (non-hydrogen) atoms. The summed E-state index contributed by atoms with van der Waals surface area (Å²) < 4.78 is 10.4. The fraction of sp³-hybridized carbons (Fsp3) is 0.500. The number of hydrogen-bond donors (Lipinski definition) is 1. The number of carbonyl (C=O) groups is 1. The molecule has 0 fully saturated rings. The van der Waals surface area contributed by atoms with Crippen LogP contribution in [0.3, 0.4) is 0 Å². The lowest BCUT2D eigenvalue weighted by molar-refractivity contribution is -0.118. The van der Waals surface area contributed by atoms with Crippen LogP contribution < -0.4 is 4.90 Å². The van der Waals surface area contributed by atoms with Crippen molar-refractivity contribution in [3.8, 4) is 6.07 Å². The molecule has 1 atom stereocenters. The summed E-state index contributed by atoms with van der Waals surface area (Å²) in [7, 11) is 0. The number of amides is 1. The summed E-state index contributed by atoms with van der Waals surface area (Å²) in [5, 5.41) is 23.0. The number of ether oxygens (including phenoxy) is 1. The van der Waals surface area contributed by atoms with Gasteiger partial charge in [0.05, 0.1) is 12.7 Å². The Morgan fingerprint density at radius 1 is 1.62 bits per heavy atom. The molecule has 2 rings (SSSR count). The molecule has 1 aromatic rings. The average Bonchev–Trinajstić information content (AvgIpc) is 3.00. The van der Waals surface area contributed by atoms with E-state index in [0.29, 0.717) is 17.9 Å². The van der Waals surface area contributed by atoms with Crippen molar-refractivity contribution in [3.05, 3.63) is 23.2 Å². The summed E-state index contributed by atoms with van der Waals surface area (Å²) in [5.41, 5.74) is -0.449. The SMILES string of the molecule is CCOC1=C(C)C(O)N(c2cc(C(C)(C)C#N)on2)C1=O. The maximum atomic E-state index is 12.3. The van der Waals surface area contributed by atoms with Crippen LogP contribution >= 0.6 is 0 Å². The molecule has 0 aromatic carbocycles. The second-order valence-corrected chi connectivity index (χ2v) is 5.28. The molecule has 0 aliphatic carbocycles. The molecule has 7 nitrogen and oxygen atoms in total. The highest BCUT2D eigenvalue weighted by atomic mass is 16.5. The normalized spacial score (nSPS) is 19.1. The Kier molecular flexibility index (Phi) is 3.75. The first-order chi connectivity index (χ1) is 9.83. The Labute approximate surface area is 122 Å². The number of aromatic nitrogens is 1. The van der Waals surface area contributed by atoms with Crippen molar-refractivity contribution in [2.24, 2.45) is 0 Å². The first-order valence-corrected chi connectivity index (χ1v) is 6.57. The fourth-order valence-corrected chi connectivity index (χ4v) is 1.98. The predicted octanol–water partition coefficient (Wildman–Crippen LogP) is 1.45. The van der Waals surface area contributed by atoms with Gasteiger partial charge in [-0.15, -0.1) is 0 Å². The van der Waals surface area contributed by atoms with Crippen LogP contribution in [-0.2, 0) is 14.9 Å². The van der Waals surface area contributed by atoms with Crippen molar-refractivity contribution < 1.29 is 19.2 Å². The van der Waals surface area contributed by atoms with E-state index in [-0.39, 0.29) is 11.6 Å². The second-order valence-electron chi connectivity index (χ2n) is 5.28. The first-order valence-electron chi connectivity index (χ1n) is 6.57. The third-order valence-electron chi connectivity index (χ3n) is 3.33. The number of aliphatic hydroxyl groups excluding tert-OH is 1. The predicted molar refractivity (Wildman–Crippen MR) is 73.0 cm³/mol. The number of anilines is 1. The molecule has 0 saturated heterocycles. The lowest BCUT2D eigenvalue weighted by Gasteiger charge is -2.17. The zero-order valence-corrected chi connectivity index (χ0v) is 12.4. The molecule has 1 amide bonds. The van der Waals surface area contributed by atoms with E-state index < -0.39 is 17.6 Å². The van der Waals surface area contributed by atoms with Gasteiger partial charge in [-0.3, -0.25) is 9.69 Å². The van der Waals surface area contributed by atoms with Gasteiger partial charge in [0.25, 0.3) is 5.91 Å². The van der Waals surface area contributed by atoms with Crippen molar-refractivity contribution >= 4 is 11.7 Å². The molecular formula is C14H17N3O4. The molecule has 0 spiro atoms. The monoisotopic (exact) mass is 291 g/mol. The Morgan fingerprint density at radius 2 is 2.29 bits per heavy atom. The lowest BCUT2D eigenvalue weighted by atomic mass is 9.92. The maximum Gasteiger partial charge on any atom is 0.297 e. The molecule has 0 radical (unpaired) electrons. The Bertz CT molecular complexity index is 639. The van der Waals surface area contributed by atoms with Gasteiger partial charge in [-0.1, -0.05) is 5.16 Å². The van der Waals surface area contributed by atoms with Crippen LogP contribution in [0.5, 0.6) is 0 Å². The standard InChI is InChI=1S/C14H17N3O4/c1-5-20-11-8(2)12(18)17(13(11)19)10-6-9(21-16-10)14(3,4)7-15/h6,12,18H,5H2,1-4H3. The second kappa shape index (κ2) is 5.22. The van der Waals surface area contributed by atoms with Gasteiger partial charge < -0.3 is 14.4 Å². The third kappa shape index (κ3) is 2.38. The summed E-state index contributed by atoms with van der Waals surface area (Å²) in [4.78, 5) is 13.4. The third-order valence-corrected chi connectivity index (χ3v) is 3.33. The molecule has 1 aromatic heterocycles. The number of carbonyl (C=O) groups excluding carboxylic acids is 1. The molecule has 112 valence electrons. The van der Waals surface area contributed by atoms with E-state index in [2.05, 4.69) is 11.2 Å². The van der Waals surface area contributed by atoms with Crippen molar-refractivity contribution in [1.29, 1.82) is 5.26 Å². The highest BCUT2D eigenvalue weighted by Gasteiger charge is 2.40. The van der Waals surface area contributed by atoms with Crippen LogP contribution in [0.2, 0.25) is 0 Å². The van der Waals surface area contributed by atoms with Crippen molar-refractivity contribution in [2.75, 3.05) is 11.5 Å². The molecule has 0 bridgehead atoms. The van der Waals surface area contributed by atoms with Gasteiger partial charge in [-0.2, -0.15) is 5.26 Å². The van der Waals surface area contributed by atoms with E-state index >= 15 is 0 Å². The van der Waals surface area contributed by atoms with Gasteiger partial charge in [-0.05, 0) is 27.7 Å². The largest absolute Gasteiger partial charge is 0.488 e. The zero-order valence-electron chi connectivity index (χ0n) is 12.4. The van der Waals surface area contributed by atoms with Gasteiger partial charge in [-0.25, -0.2) is 0 Å². The minimum Gasteiger partial charge on any atom is -0.488 e. The zero-order chi connectivity index (χ0) is 15.8. The van der Waals surface area contributed by atoms with Gasteiger partial charge in [0.2, 0.25) is 0 Å². The van der Waals surface area contributed by atoms with E-state index in [1.165, 1.54) is 6.07 Å². The van der Waals surface area contributed by atoms with Crippen LogP contribution in [0.4, 0.5) is 5.82 Å². The van der Waals surface area contributed by atoms with Gasteiger partial charge in [0, 0.05) is 11.6 Å². The Balaban J connectivity index is 2.33. The van der Waals surface area contributed by atoms with Crippen LogP contribution in [-0.4, -0.2) is 29.0 Å². The summed E-state index contributed by atoms with van der Waals surface area (Å²) in [6.07, 6.45) is -1.15. The maximum absolute atomic E-state index is 12.3. The quantitative estimate of drug-likeness (QED) is 0.901. The topological polar surface area (TPSA) is 99.6 Å². The van der Waals surface area contributed by atoms with Gasteiger partial charge >= 0.3 is 0 Å². The summed E-state index contributed by atoms with van der Waals surface area (Å²) >= 11 is 0. The number of rotatable bonds is 4. The molecule has 7 heteroatoms. The van der Waals surface area contributed by atoms with Crippen LogP contribution in [0.15, 0.2) is 21.9 Å². The minimum atomic E-state index is -1.15. The Morgan fingerprint density at radius 3 is 2.86 bits per heavy atom. The average molecular weight is 291 g/mol. The molecule has 0 saturated carbocycles. The van der Waals surface area contributed by atoms with E-state index in [1.807, 2.05) is 0 Å². The van der Waals surface area contributed by atoms with E-state index in [9.17, 15) is 9.90 Å². The molecule has 2 heterocycles. The van der Waals surface area contributed by atoms with E-state index in [0.717, 1.165) is 4.90 Å². The summed E-state index contributed by atoms with van der Waals surface area (Å²) in [6, 6.07) is 3.57. The molecule has 1 unspecified atom stereocenters. The molecule has 1 N–H and O–H groups in total. The van der Waals surface area contributed by atoms with Crippen molar-refractivity contribution in [3.63, 3.8) is 0 Å². The van der Waals surface area contributed by atoms with E-state index in [4.69, 9.17) is 14.5 Å². The van der Waals surface area contributed by atoms with Crippen molar-refractivity contribution in [1.82, 2.24) is 5.16 Å². The Hall–Kier alpha value is -2.33. The summed E-state index contributed by atoms with van der Waals surface area (Å²) in [5.74, 6) is 0.118. The number of hydrogen-bond acceptors (Lipinski definition) is 6. The first kappa shape index (κ1) is 15.1. The summed E-state index contributed by atoms with van der Waals surface area (Å²) in [6.45, 7) is 7.05. The van der Waals surface area contributed by atoms with E-state index in [1.54, 1.807) is 27.7 Å². The molecule has 1 aliphatic heterocycles. The van der Waals surface area contributed by atoms with Crippen LogP contribution in [0.25, 0.3) is 0 Å². The number of aliphatic hydroxyl groups is 1. The fourth-order valence-electron chi connectivity index (χ4n) is 1.98. The van der Waals surface area contributed by atoms with Crippen LogP contribution in [0.1, 0.15) is 33.5 Å². The lowest BCUT2D eigenvalue weighted by Crippen LogP contribution is -2.35. The highest BCUT2D eigenvalue weighted by Crippen LogP contribution is 2.32. The minimum absolute atomic E-state index is 0.120. The van der Waals surface area contributed by atoms with Gasteiger partial charge in [0.1, 0.15) is 5.41 Å². The highest BCUT2D eigenvalue weighted by molar-refractivity contribution is 6.07. The van der Waals surface area contributed by atoms with Crippen LogP contribution in [0, 0.1) is 11.3 Å². The van der Waals surface area contributed by atoms with Gasteiger partial charge in [0.15, 0.2) is 23.6 Å². The molecule has 1 aliphatic rings. The van der Waals surface area contributed by atoms with Crippen molar-refractivity contribution in [2.45, 2.75) is 39.3 Å². The number of nitrogens with zero attached hydrogens (tertiary/aromatic N) is 3.